The molecule has 1 atom stereocenters. The summed E-state index contributed by atoms with van der Waals surface area (Å²) in [4.78, 5) is 20.8. The van der Waals surface area contributed by atoms with Crippen LogP contribution in [0.5, 0.6) is 5.75 Å². The number of urea groups is 1. The number of amides is 2. The summed E-state index contributed by atoms with van der Waals surface area (Å²) in [6, 6.07) is 11.8. The molecule has 1 unspecified atom stereocenters. The summed E-state index contributed by atoms with van der Waals surface area (Å²) in [5, 5.41) is 7.25. The minimum Gasteiger partial charge on any atom is -0.492 e. The molecule has 0 spiro atoms. The van der Waals surface area contributed by atoms with Crippen LogP contribution in [0.15, 0.2) is 48.8 Å². The van der Waals surface area contributed by atoms with Gasteiger partial charge in [0.25, 0.3) is 5.66 Å². The number of halogens is 2. The number of alkyl halides is 2. The third kappa shape index (κ3) is 6.06. The molecular formula is C24H29F2N6O2P. The number of rotatable bonds is 7. The molecule has 35 heavy (non-hydrogen) atoms. The summed E-state index contributed by atoms with van der Waals surface area (Å²) in [6.45, 7) is 7.08. The predicted octanol–water partition coefficient (Wildman–Crippen LogP) is 3.93. The lowest BCUT2D eigenvalue weighted by Gasteiger charge is -2.36. The highest BCUT2D eigenvalue weighted by atomic mass is 31.0. The maximum Gasteiger partial charge on any atom is 0.317 e. The molecule has 2 heterocycles. The van der Waals surface area contributed by atoms with Crippen molar-refractivity contribution in [2.24, 2.45) is 0 Å². The number of hydrogen-bond acceptors (Lipinski definition) is 5. The SMILES string of the molecule is CCOc1cc(N2CCN(C(=O)NCc3ccc(C(F)(F)P)cc3)CC2)ccc1-n1cnc(C)n1. The zero-order chi connectivity index (χ0) is 25.0. The number of nitrogens with zero attached hydrogens (tertiary/aromatic N) is 5. The number of aryl methyl sites for hydroxylation is 1. The first kappa shape index (κ1) is 24.9. The van der Waals surface area contributed by atoms with E-state index in [0.29, 0.717) is 38.6 Å². The molecule has 1 aliphatic heterocycles. The molecule has 1 saturated heterocycles. The van der Waals surface area contributed by atoms with Crippen molar-refractivity contribution in [1.29, 1.82) is 0 Å². The van der Waals surface area contributed by atoms with E-state index in [9.17, 15) is 13.6 Å². The average Bonchev–Trinajstić information content (AvgIpc) is 3.28. The molecule has 2 amide bonds. The Balaban J connectivity index is 1.33. The summed E-state index contributed by atoms with van der Waals surface area (Å²) in [5.41, 5.74) is -0.434. The van der Waals surface area contributed by atoms with Gasteiger partial charge < -0.3 is 19.9 Å². The zero-order valence-electron chi connectivity index (χ0n) is 19.7. The summed E-state index contributed by atoms with van der Waals surface area (Å²) in [5.74, 6) is 1.41. The molecule has 3 aromatic rings. The second-order valence-electron chi connectivity index (χ2n) is 8.27. The van der Waals surface area contributed by atoms with E-state index in [0.717, 1.165) is 22.7 Å². The molecule has 1 fully saturated rings. The second kappa shape index (κ2) is 10.6. The van der Waals surface area contributed by atoms with Crippen molar-refractivity contribution in [3.63, 3.8) is 0 Å². The lowest BCUT2D eigenvalue weighted by Crippen LogP contribution is -2.51. The Morgan fingerprint density at radius 2 is 1.86 bits per heavy atom. The van der Waals surface area contributed by atoms with Crippen LogP contribution in [-0.2, 0) is 12.2 Å². The molecule has 0 radical (unpaired) electrons. The fourth-order valence-corrected chi connectivity index (χ4v) is 4.12. The number of hydrogen-bond donors (Lipinski definition) is 1. The topological polar surface area (TPSA) is 75.5 Å². The van der Waals surface area contributed by atoms with E-state index in [1.165, 1.54) is 21.4 Å². The normalized spacial score (nSPS) is 14.2. The third-order valence-electron chi connectivity index (χ3n) is 5.81. The number of ether oxygens (including phenoxy) is 1. The Bertz CT molecular complexity index is 1160. The monoisotopic (exact) mass is 502 g/mol. The Labute approximate surface area is 205 Å². The van der Waals surface area contributed by atoms with Gasteiger partial charge in [-0.05, 0) is 31.5 Å². The van der Waals surface area contributed by atoms with E-state index in [-0.39, 0.29) is 18.1 Å². The zero-order valence-corrected chi connectivity index (χ0v) is 20.9. The maximum absolute atomic E-state index is 13.3. The van der Waals surface area contributed by atoms with Gasteiger partial charge in [0.05, 0.1) is 6.61 Å². The summed E-state index contributed by atoms with van der Waals surface area (Å²) < 4.78 is 34.2. The molecule has 4 rings (SSSR count). The van der Waals surface area contributed by atoms with Crippen molar-refractivity contribution < 1.29 is 18.3 Å². The first-order valence-corrected chi connectivity index (χ1v) is 12.0. The number of carbonyl (C=O) groups is 1. The van der Waals surface area contributed by atoms with E-state index in [2.05, 4.69) is 20.3 Å². The minimum atomic E-state index is -2.96. The number of piperazine rings is 1. The minimum absolute atomic E-state index is 0.0781. The van der Waals surface area contributed by atoms with Crippen molar-refractivity contribution in [3.8, 4) is 11.4 Å². The fourth-order valence-electron chi connectivity index (χ4n) is 3.92. The van der Waals surface area contributed by atoms with Crippen molar-refractivity contribution in [2.75, 3.05) is 37.7 Å². The van der Waals surface area contributed by atoms with Crippen LogP contribution in [-0.4, -0.2) is 58.5 Å². The molecular weight excluding hydrogens is 473 g/mol. The van der Waals surface area contributed by atoms with E-state index in [1.807, 2.05) is 32.0 Å². The van der Waals surface area contributed by atoms with Crippen molar-refractivity contribution in [1.82, 2.24) is 25.0 Å². The molecule has 1 aromatic heterocycles. The van der Waals surface area contributed by atoms with E-state index in [4.69, 9.17) is 4.74 Å². The molecule has 2 aromatic carbocycles. The van der Waals surface area contributed by atoms with Crippen LogP contribution < -0.4 is 15.0 Å². The maximum atomic E-state index is 13.3. The lowest BCUT2D eigenvalue weighted by atomic mass is 10.1. The molecule has 0 bridgehead atoms. The van der Waals surface area contributed by atoms with Gasteiger partial charge in [0, 0.05) is 50.0 Å². The molecule has 1 aliphatic rings. The molecule has 11 heteroatoms. The average molecular weight is 503 g/mol. The summed E-state index contributed by atoms with van der Waals surface area (Å²) >= 11 is 0. The lowest BCUT2D eigenvalue weighted by molar-refractivity contribution is 0.104. The quantitative estimate of drug-likeness (QED) is 0.496. The van der Waals surface area contributed by atoms with Crippen molar-refractivity contribution >= 4 is 21.0 Å². The number of carbonyl (C=O) groups excluding carboxylic acids is 1. The van der Waals surface area contributed by atoms with E-state index in [1.54, 1.807) is 28.0 Å². The second-order valence-corrected chi connectivity index (χ2v) is 9.00. The number of aromatic nitrogens is 3. The van der Waals surface area contributed by atoms with E-state index >= 15 is 0 Å². The van der Waals surface area contributed by atoms with Crippen LogP contribution in [0.3, 0.4) is 0 Å². The highest BCUT2D eigenvalue weighted by Crippen LogP contribution is 2.34. The van der Waals surface area contributed by atoms with Gasteiger partial charge >= 0.3 is 6.03 Å². The molecule has 0 aliphatic carbocycles. The van der Waals surface area contributed by atoms with Crippen LogP contribution >= 0.6 is 9.24 Å². The predicted molar refractivity (Wildman–Crippen MR) is 133 cm³/mol. The summed E-state index contributed by atoms with van der Waals surface area (Å²) in [6.07, 6.45) is 1.66. The highest BCUT2D eigenvalue weighted by Gasteiger charge is 2.24. The third-order valence-corrected chi connectivity index (χ3v) is 6.14. The smallest absolute Gasteiger partial charge is 0.317 e. The highest BCUT2D eigenvalue weighted by molar-refractivity contribution is 7.17. The van der Waals surface area contributed by atoms with Gasteiger partial charge in [0.1, 0.15) is 23.6 Å². The van der Waals surface area contributed by atoms with Gasteiger partial charge in [-0.25, -0.2) is 14.5 Å². The number of nitrogens with one attached hydrogen (secondary N) is 1. The summed E-state index contributed by atoms with van der Waals surface area (Å²) in [7, 11) is 1.53. The molecule has 0 saturated carbocycles. The number of benzene rings is 2. The Morgan fingerprint density at radius 3 is 2.46 bits per heavy atom. The van der Waals surface area contributed by atoms with E-state index < -0.39 is 5.66 Å². The van der Waals surface area contributed by atoms with Gasteiger partial charge in [-0.15, -0.1) is 0 Å². The first-order chi connectivity index (χ1) is 16.7. The molecule has 1 N–H and O–H groups in total. The van der Waals surface area contributed by atoms with Crippen LogP contribution in [0.2, 0.25) is 0 Å². The standard InChI is InChI=1S/C24H29F2N6O2P/c1-3-34-22-14-20(8-9-21(22)32-16-28-17(2)29-32)30-10-12-31(13-11-30)23(33)27-15-18-4-6-19(7-5-18)24(25,26)35/h4-9,14,16H,3,10-13,15,35H2,1-2H3,(H,27,33). The van der Waals surface area contributed by atoms with Gasteiger partial charge in [-0.3, -0.25) is 0 Å². The molecule has 186 valence electrons. The Hall–Kier alpha value is -3.26. The van der Waals surface area contributed by atoms with Crippen LogP contribution in [0.1, 0.15) is 23.9 Å². The van der Waals surface area contributed by atoms with Gasteiger partial charge in [0.2, 0.25) is 0 Å². The van der Waals surface area contributed by atoms with Crippen molar-refractivity contribution in [3.05, 3.63) is 65.7 Å². The Kier molecular flexibility index (Phi) is 7.50. The fraction of sp³-hybridized carbons (Fsp3) is 0.375. The van der Waals surface area contributed by atoms with Gasteiger partial charge in [-0.2, -0.15) is 13.9 Å². The Morgan fingerprint density at radius 1 is 1.14 bits per heavy atom. The van der Waals surface area contributed by atoms with Gasteiger partial charge in [-0.1, -0.05) is 33.5 Å². The van der Waals surface area contributed by atoms with Crippen LogP contribution in [0, 0.1) is 6.92 Å². The van der Waals surface area contributed by atoms with Crippen LogP contribution in [0.25, 0.3) is 5.69 Å². The largest absolute Gasteiger partial charge is 0.492 e. The number of anilines is 1. The first-order valence-electron chi connectivity index (χ1n) is 11.4. The van der Waals surface area contributed by atoms with Gasteiger partial charge in [0.15, 0.2) is 0 Å². The van der Waals surface area contributed by atoms with Crippen molar-refractivity contribution in [2.45, 2.75) is 26.1 Å². The molecule has 8 nitrogen and oxygen atoms in total. The van der Waals surface area contributed by atoms with Crippen LogP contribution in [0.4, 0.5) is 19.3 Å².